The molecule has 0 radical (unpaired) electrons. The van der Waals surface area contributed by atoms with Crippen molar-refractivity contribution in [2.24, 2.45) is 5.92 Å². The summed E-state index contributed by atoms with van der Waals surface area (Å²) in [6.45, 7) is 5.18. The molecule has 8 heteroatoms. The van der Waals surface area contributed by atoms with Gasteiger partial charge in [-0.3, -0.25) is 9.69 Å². The van der Waals surface area contributed by atoms with Crippen LogP contribution in [0.4, 0.5) is 0 Å². The van der Waals surface area contributed by atoms with E-state index in [-0.39, 0.29) is 42.0 Å². The number of carbonyl (C=O) groups is 2. The van der Waals surface area contributed by atoms with Gasteiger partial charge in [-0.15, -0.1) is 0 Å². The maximum Gasteiger partial charge on any atom is 0.335 e. The number of carboxylic acids is 1. The second kappa shape index (κ2) is 12.7. The van der Waals surface area contributed by atoms with E-state index in [1.807, 2.05) is 69.4 Å². The molecule has 2 heterocycles. The number of rotatable bonds is 9. The van der Waals surface area contributed by atoms with Crippen LogP contribution in [0.1, 0.15) is 51.3 Å². The number of aromatic carboxylic acids is 1. The highest BCUT2D eigenvalue weighted by atomic mass is 16.5. The van der Waals surface area contributed by atoms with Gasteiger partial charge in [0.15, 0.2) is 0 Å². The van der Waals surface area contributed by atoms with Gasteiger partial charge in [-0.25, -0.2) is 9.78 Å². The number of amides is 1. The molecule has 0 bridgehead atoms. The summed E-state index contributed by atoms with van der Waals surface area (Å²) in [6.07, 6.45) is 5.27. The number of likely N-dealkylation sites (N-methyl/N-ethyl adjacent to an activating group) is 1. The third-order valence-electron chi connectivity index (χ3n) is 6.93. The number of benzene rings is 2. The standard InChI is InChI=1S/C31H35N3O5/c1-21-17-34(22(2)20-35)30(36)27-15-24(13-12-23-8-5-4-6-9-23)16-32-29(27)39-28(21)19-33(3)18-25-10-7-11-26(14-25)31(37)38/h4-16,21-22,28,35H,17-20H2,1-3H3,(H,37,38)/b13-12+/t21-,22-,28-/m1/s1. The first-order valence-electron chi connectivity index (χ1n) is 13.1. The Morgan fingerprint density at radius 2 is 1.90 bits per heavy atom. The van der Waals surface area contributed by atoms with Crippen molar-refractivity contribution in [3.63, 3.8) is 0 Å². The minimum atomic E-state index is -0.958. The minimum absolute atomic E-state index is 0.0524. The molecule has 2 aromatic carbocycles. The van der Waals surface area contributed by atoms with Crippen molar-refractivity contribution in [2.45, 2.75) is 32.5 Å². The maximum atomic E-state index is 13.6. The number of hydrogen-bond acceptors (Lipinski definition) is 6. The van der Waals surface area contributed by atoms with Gasteiger partial charge in [0.1, 0.15) is 11.7 Å². The van der Waals surface area contributed by atoms with Crippen LogP contribution in [0.15, 0.2) is 66.9 Å². The van der Waals surface area contributed by atoms with Crippen molar-refractivity contribution < 1.29 is 24.5 Å². The number of aliphatic hydroxyl groups is 1. The third kappa shape index (κ3) is 7.10. The second-order valence-corrected chi connectivity index (χ2v) is 10.2. The number of carbonyl (C=O) groups excluding carboxylic acids is 1. The molecular weight excluding hydrogens is 494 g/mol. The summed E-state index contributed by atoms with van der Waals surface area (Å²) in [7, 11) is 1.95. The van der Waals surface area contributed by atoms with E-state index >= 15 is 0 Å². The Labute approximate surface area is 229 Å². The fourth-order valence-corrected chi connectivity index (χ4v) is 4.67. The highest BCUT2D eigenvalue weighted by molar-refractivity contribution is 5.97. The van der Waals surface area contributed by atoms with E-state index in [2.05, 4.69) is 9.88 Å². The third-order valence-corrected chi connectivity index (χ3v) is 6.93. The van der Waals surface area contributed by atoms with Gasteiger partial charge in [-0.2, -0.15) is 0 Å². The Hall–Kier alpha value is -4.01. The molecule has 0 saturated heterocycles. The number of hydrogen-bond donors (Lipinski definition) is 2. The summed E-state index contributed by atoms with van der Waals surface area (Å²) in [5.74, 6) is -0.966. The van der Waals surface area contributed by atoms with E-state index in [1.165, 1.54) is 0 Å². The molecule has 0 unspecified atom stereocenters. The largest absolute Gasteiger partial charge is 0.478 e. The van der Waals surface area contributed by atoms with Crippen LogP contribution in [0.5, 0.6) is 5.88 Å². The molecule has 39 heavy (non-hydrogen) atoms. The normalized spacial score (nSPS) is 18.4. The maximum absolute atomic E-state index is 13.6. The van der Waals surface area contributed by atoms with Crippen molar-refractivity contribution in [2.75, 3.05) is 26.7 Å². The molecule has 0 spiro atoms. The molecule has 1 aliphatic rings. The van der Waals surface area contributed by atoms with E-state index in [4.69, 9.17) is 4.74 Å². The summed E-state index contributed by atoms with van der Waals surface area (Å²) in [6, 6.07) is 18.2. The van der Waals surface area contributed by atoms with Gasteiger partial charge < -0.3 is 19.8 Å². The molecule has 2 N–H and O–H groups in total. The molecule has 204 valence electrons. The lowest BCUT2D eigenvalue weighted by atomic mass is 9.99. The predicted octanol–water partition coefficient (Wildman–Crippen LogP) is 4.30. The Morgan fingerprint density at radius 3 is 2.62 bits per heavy atom. The van der Waals surface area contributed by atoms with E-state index in [0.717, 1.165) is 16.7 Å². The Balaban J connectivity index is 1.60. The topological polar surface area (TPSA) is 103 Å². The van der Waals surface area contributed by atoms with Crippen molar-refractivity contribution in [3.8, 4) is 5.88 Å². The van der Waals surface area contributed by atoms with Crippen LogP contribution in [-0.2, 0) is 6.54 Å². The molecule has 0 saturated carbocycles. The summed E-state index contributed by atoms with van der Waals surface area (Å²) in [4.78, 5) is 33.3. The molecule has 0 aliphatic carbocycles. The van der Waals surface area contributed by atoms with Crippen LogP contribution in [0.3, 0.4) is 0 Å². The van der Waals surface area contributed by atoms with Gasteiger partial charge in [-0.05, 0) is 48.9 Å². The van der Waals surface area contributed by atoms with E-state index in [9.17, 15) is 19.8 Å². The first-order valence-corrected chi connectivity index (χ1v) is 13.1. The molecular formula is C31H35N3O5. The van der Waals surface area contributed by atoms with Gasteiger partial charge in [0.2, 0.25) is 5.88 Å². The molecule has 0 fully saturated rings. The van der Waals surface area contributed by atoms with E-state index in [0.29, 0.717) is 25.2 Å². The Morgan fingerprint density at radius 1 is 1.15 bits per heavy atom. The summed E-state index contributed by atoms with van der Waals surface area (Å²) in [5.41, 5.74) is 3.30. The van der Waals surface area contributed by atoms with Crippen LogP contribution >= 0.6 is 0 Å². The number of pyridine rings is 1. The van der Waals surface area contributed by atoms with Crippen molar-refractivity contribution in [1.29, 1.82) is 0 Å². The SMILES string of the molecule is C[C@@H]1CN([C@H](C)CO)C(=O)c2cc(/C=C/c3ccccc3)cnc2O[C@@H]1CN(C)Cc1cccc(C(=O)O)c1. The summed E-state index contributed by atoms with van der Waals surface area (Å²) >= 11 is 0. The molecule has 1 aromatic heterocycles. The van der Waals surface area contributed by atoms with Gasteiger partial charge in [0.05, 0.1) is 18.2 Å². The molecule has 1 amide bonds. The lowest BCUT2D eigenvalue weighted by Crippen LogP contribution is -2.49. The number of ether oxygens (including phenoxy) is 1. The van der Waals surface area contributed by atoms with Gasteiger partial charge in [0.25, 0.3) is 5.91 Å². The van der Waals surface area contributed by atoms with Gasteiger partial charge in [0, 0.05) is 31.7 Å². The fraction of sp³-hybridized carbons (Fsp3) is 0.323. The van der Waals surface area contributed by atoms with Gasteiger partial charge >= 0.3 is 5.97 Å². The van der Waals surface area contributed by atoms with Crippen LogP contribution in [0.25, 0.3) is 12.2 Å². The molecule has 4 rings (SSSR count). The zero-order valence-corrected chi connectivity index (χ0v) is 22.5. The number of carboxylic acid groups (broad SMARTS) is 1. The Bertz CT molecular complexity index is 1330. The quantitative estimate of drug-likeness (QED) is 0.426. The number of nitrogens with zero attached hydrogens (tertiary/aromatic N) is 3. The lowest BCUT2D eigenvalue weighted by Gasteiger charge is -2.37. The van der Waals surface area contributed by atoms with Crippen LogP contribution in [-0.4, -0.2) is 75.8 Å². The summed E-state index contributed by atoms with van der Waals surface area (Å²) < 4.78 is 6.39. The molecule has 3 aromatic rings. The smallest absolute Gasteiger partial charge is 0.335 e. The van der Waals surface area contributed by atoms with Gasteiger partial charge in [-0.1, -0.05) is 61.5 Å². The first kappa shape index (κ1) is 28.0. The average molecular weight is 530 g/mol. The van der Waals surface area contributed by atoms with Crippen molar-refractivity contribution in [3.05, 3.63) is 94.7 Å². The summed E-state index contributed by atoms with van der Waals surface area (Å²) in [5, 5.41) is 19.2. The van der Waals surface area contributed by atoms with Crippen molar-refractivity contribution in [1.82, 2.24) is 14.8 Å². The monoisotopic (exact) mass is 529 g/mol. The highest BCUT2D eigenvalue weighted by Gasteiger charge is 2.34. The Kier molecular flexibility index (Phi) is 9.11. The van der Waals surface area contributed by atoms with Crippen LogP contribution in [0.2, 0.25) is 0 Å². The highest BCUT2D eigenvalue weighted by Crippen LogP contribution is 2.28. The lowest BCUT2D eigenvalue weighted by molar-refractivity contribution is 0.0325. The number of aliphatic hydroxyl groups excluding tert-OH is 1. The zero-order chi connectivity index (χ0) is 27.9. The van der Waals surface area contributed by atoms with Crippen molar-refractivity contribution >= 4 is 24.0 Å². The van der Waals surface area contributed by atoms with E-state index in [1.54, 1.807) is 35.4 Å². The van der Waals surface area contributed by atoms with E-state index < -0.39 is 5.97 Å². The zero-order valence-electron chi connectivity index (χ0n) is 22.5. The molecule has 1 aliphatic heterocycles. The predicted molar refractivity (Wildman–Crippen MR) is 151 cm³/mol. The number of fused-ring (bicyclic) bond motifs is 1. The fourth-order valence-electron chi connectivity index (χ4n) is 4.67. The minimum Gasteiger partial charge on any atom is -0.478 e. The molecule has 3 atom stereocenters. The van der Waals surface area contributed by atoms with Crippen LogP contribution in [0, 0.1) is 5.92 Å². The molecule has 8 nitrogen and oxygen atoms in total. The average Bonchev–Trinajstić information content (AvgIpc) is 2.94. The number of aromatic nitrogens is 1. The van der Waals surface area contributed by atoms with Crippen LogP contribution < -0.4 is 4.74 Å². The first-order chi connectivity index (χ1) is 18.7. The second-order valence-electron chi connectivity index (χ2n) is 10.2.